The third-order valence-corrected chi connectivity index (χ3v) is 3.67. The largest absolute Gasteiger partial charge is 0.380 e. The molecule has 0 saturated heterocycles. The van der Waals surface area contributed by atoms with Crippen LogP contribution >= 0.6 is 15.9 Å². The van der Waals surface area contributed by atoms with Crippen molar-refractivity contribution in [3.63, 3.8) is 0 Å². The molecule has 0 aliphatic carbocycles. The van der Waals surface area contributed by atoms with Gasteiger partial charge in [-0.3, -0.25) is 0 Å². The monoisotopic (exact) mass is 279 g/mol. The molecular formula is C12H26BrNO. The molecule has 2 nitrogen and oxygen atoms in total. The molecule has 0 radical (unpaired) electrons. The van der Waals surface area contributed by atoms with Gasteiger partial charge in [-0.2, -0.15) is 0 Å². The lowest BCUT2D eigenvalue weighted by Crippen LogP contribution is -2.35. The van der Waals surface area contributed by atoms with Crippen molar-refractivity contribution in [1.82, 2.24) is 5.32 Å². The van der Waals surface area contributed by atoms with Gasteiger partial charge in [0, 0.05) is 24.5 Å². The molecule has 0 aliphatic rings. The second kappa shape index (κ2) is 9.61. The molecule has 92 valence electrons. The van der Waals surface area contributed by atoms with Crippen LogP contribution in [0.4, 0.5) is 0 Å². The van der Waals surface area contributed by atoms with Crippen molar-refractivity contribution in [2.24, 2.45) is 11.8 Å². The van der Waals surface area contributed by atoms with Crippen LogP contribution in [0.15, 0.2) is 0 Å². The highest BCUT2D eigenvalue weighted by Crippen LogP contribution is 2.05. The molecule has 0 saturated carbocycles. The molecule has 0 fully saturated rings. The predicted molar refractivity (Wildman–Crippen MR) is 70.7 cm³/mol. The molecule has 0 aromatic rings. The summed E-state index contributed by atoms with van der Waals surface area (Å²) in [5, 5.41) is 4.52. The van der Waals surface area contributed by atoms with Gasteiger partial charge < -0.3 is 10.1 Å². The summed E-state index contributed by atoms with van der Waals surface area (Å²) in [7, 11) is 0. The van der Waals surface area contributed by atoms with Crippen LogP contribution in [0, 0.1) is 11.8 Å². The van der Waals surface area contributed by atoms with Crippen LogP contribution in [-0.4, -0.2) is 31.1 Å². The standard InChI is InChI=1S/C12H26BrNO/c1-10(2)5-7-15-8-6-14-12(4)11(3)9-13/h10-12,14H,5-9H2,1-4H3. The Morgan fingerprint density at radius 2 is 1.80 bits per heavy atom. The lowest BCUT2D eigenvalue weighted by molar-refractivity contribution is 0.122. The van der Waals surface area contributed by atoms with E-state index in [2.05, 4.69) is 48.9 Å². The van der Waals surface area contributed by atoms with Gasteiger partial charge in [-0.05, 0) is 25.2 Å². The van der Waals surface area contributed by atoms with Crippen molar-refractivity contribution in [2.45, 2.75) is 40.2 Å². The van der Waals surface area contributed by atoms with E-state index in [4.69, 9.17) is 4.74 Å². The van der Waals surface area contributed by atoms with E-state index in [1.54, 1.807) is 0 Å². The molecule has 0 heterocycles. The van der Waals surface area contributed by atoms with Gasteiger partial charge in [0.05, 0.1) is 6.61 Å². The van der Waals surface area contributed by atoms with E-state index in [-0.39, 0.29) is 0 Å². The van der Waals surface area contributed by atoms with Gasteiger partial charge in [0.25, 0.3) is 0 Å². The first-order chi connectivity index (χ1) is 7.07. The lowest BCUT2D eigenvalue weighted by Gasteiger charge is -2.19. The Balaban J connectivity index is 3.23. The molecule has 2 unspecified atom stereocenters. The second-order valence-electron chi connectivity index (χ2n) is 4.67. The van der Waals surface area contributed by atoms with Crippen LogP contribution in [0.5, 0.6) is 0 Å². The number of ether oxygens (including phenoxy) is 1. The summed E-state index contributed by atoms with van der Waals surface area (Å²) < 4.78 is 5.53. The van der Waals surface area contributed by atoms with Gasteiger partial charge in [0.1, 0.15) is 0 Å². The number of hydrogen-bond acceptors (Lipinski definition) is 2. The van der Waals surface area contributed by atoms with Gasteiger partial charge in [-0.25, -0.2) is 0 Å². The van der Waals surface area contributed by atoms with Crippen LogP contribution in [0.25, 0.3) is 0 Å². The van der Waals surface area contributed by atoms with E-state index >= 15 is 0 Å². The topological polar surface area (TPSA) is 21.3 Å². The second-order valence-corrected chi connectivity index (χ2v) is 5.32. The zero-order chi connectivity index (χ0) is 11.7. The summed E-state index contributed by atoms with van der Waals surface area (Å²) in [6.45, 7) is 11.6. The van der Waals surface area contributed by atoms with Crippen molar-refractivity contribution in [2.75, 3.05) is 25.1 Å². The fourth-order valence-electron chi connectivity index (χ4n) is 1.11. The minimum absolute atomic E-state index is 0.554. The molecule has 0 amide bonds. The van der Waals surface area contributed by atoms with Crippen LogP contribution in [0.1, 0.15) is 34.1 Å². The average Bonchev–Trinajstić information content (AvgIpc) is 2.21. The highest BCUT2D eigenvalue weighted by molar-refractivity contribution is 9.09. The first-order valence-electron chi connectivity index (χ1n) is 5.95. The zero-order valence-electron chi connectivity index (χ0n) is 10.6. The molecule has 15 heavy (non-hydrogen) atoms. The van der Waals surface area contributed by atoms with Gasteiger partial charge in [0.15, 0.2) is 0 Å². The first kappa shape index (κ1) is 15.4. The summed E-state index contributed by atoms with van der Waals surface area (Å²) in [5.74, 6) is 1.41. The summed E-state index contributed by atoms with van der Waals surface area (Å²) in [4.78, 5) is 0. The van der Waals surface area contributed by atoms with Crippen molar-refractivity contribution < 1.29 is 4.74 Å². The molecule has 0 aromatic heterocycles. The van der Waals surface area contributed by atoms with Crippen LogP contribution in [-0.2, 0) is 4.74 Å². The maximum atomic E-state index is 5.53. The van der Waals surface area contributed by atoms with E-state index in [1.165, 1.54) is 0 Å². The fourth-order valence-corrected chi connectivity index (χ4v) is 1.68. The molecule has 0 spiro atoms. The molecular weight excluding hydrogens is 254 g/mol. The summed E-state index contributed by atoms with van der Waals surface area (Å²) in [6.07, 6.45) is 1.16. The van der Waals surface area contributed by atoms with E-state index in [1.807, 2.05) is 0 Å². The first-order valence-corrected chi connectivity index (χ1v) is 7.07. The quantitative estimate of drug-likeness (QED) is 0.518. The number of hydrogen-bond donors (Lipinski definition) is 1. The molecule has 0 aliphatic heterocycles. The maximum absolute atomic E-state index is 5.53. The Bertz CT molecular complexity index is 142. The zero-order valence-corrected chi connectivity index (χ0v) is 12.1. The number of nitrogens with one attached hydrogen (secondary N) is 1. The molecule has 3 heteroatoms. The fraction of sp³-hybridized carbons (Fsp3) is 1.00. The van der Waals surface area contributed by atoms with Crippen molar-refractivity contribution in [1.29, 1.82) is 0 Å². The third kappa shape index (κ3) is 9.34. The Labute approximate surface area is 103 Å². The SMILES string of the molecule is CC(C)CCOCCNC(C)C(C)CBr. The van der Waals surface area contributed by atoms with Crippen LogP contribution < -0.4 is 5.32 Å². The van der Waals surface area contributed by atoms with Crippen molar-refractivity contribution >= 4 is 15.9 Å². The van der Waals surface area contributed by atoms with E-state index in [9.17, 15) is 0 Å². The number of alkyl halides is 1. The van der Waals surface area contributed by atoms with Gasteiger partial charge >= 0.3 is 0 Å². The molecule has 1 N–H and O–H groups in total. The summed E-state index contributed by atoms with van der Waals surface area (Å²) in [6, 6.07) is 0.554. The lowest BCUT2D eigenvalue weighted by atomic mass is 10.1. The van der Waals surface area contributed by atoms with Crippen LogP contribution in [0.3, 0.4) is 0 Å². The molecule has 0 rings (SSSR count). The minimum Gasteiger partial charge on any atom is -0.380 e. The maximum Gasteiger partial charge on any atom is 0.0591 e. The predicted octanol–water partition coefficient (Wildman–Crippen LogP) is 3.06. The Morgan fingerprint density at radius 1 is 1.13 bits per heavy atom. The minimum atomic E-state index is 0.554. The highest BCUT2D eigenvalue weighted by atomic mass is 79.9. The van der Waals surface area contributed by atoms with Gasteiger partial charge in [-0.1, -0.05) is 36.7 Å². The molecule has 2 atom stereocenters. The van der Waals surface area contributed by atoms with E-state index in [0.29, 0.717) is 12.0 Å². The average molecular weight is 280 g/mol. The van der Waals surface area contributed by atoms with Gasteiger partial charge in [0.2, 0.25) is 0 Å². The van der Waals surface area contributed by atoms with E-state index < -0.39 is 0 Å². The summed E-state index contributed by atoms with van der Waals surface area (Å²) in [5.41, 5.74) is 0. The Morgan fingerprint density at radius 3 is 2.33 bits per heavy atom. The van der Waals surface area contributed by atoms with Crippen LogP contribution in [0.2, 0.25) is 0 Å². The van der Waals surface area contributed by atoms with Gasteiger partial charge in [-0.15, -0.1) is 0 Å². The molecule has 0 aromatic carbocycles. The van der Waals surface area contributed by atoms with E-state index in [0.717, 1.165) is 37.4 Å². The third-order valence-electron chi connectivity index (χ3n) is 2.65. The van der Waals surface area contributed by atoms with Crippen molar-refractivity contribution in [3.8, 4) is 0 Å². The van der Waals surface area contributed by atoms with Crippen molar-refractivity contribution in [3.05, 3.63) is 0 Å². The Kier molecular flexibility index (Phi) is 9.87. The highest BCUT2D eigenvalue weighted by Gasteiger charge is 2.08. The normalized spacial score (nSPS) is 15.6. The molecule has 0 bridgehead atoms. The summed E-state index contributed by atoms with van der Waals surface area (Å²) >= 11 is 3.49. The number of halogens is 1. The smallest absolute Gasteiger partial charge is 0.0591 e. The number of rotatable bonds is 9. The Hall–Kier alpha value is 0.400.